The largest absolute Gasteiger partial charge is 0.506 e. The molecule has 1 amide bonds. The molecule has 18 heavy (non-hydrogen) atoms. The van der Waals surface area contributed by atoms with Crippen molar-refractivity contribution in [3.8, 4) is 5.75 Å². The molecule has 5 heteroatoms. The summed E-state index contributed by atoms with van der Waals surface area (Å²) in [5.74, 6) is -0.188. The van der Waals surface area contributed by atoms with E-state index in [-0.39, 0.29) is 28.8 Å². The van der Waals surface area contributed by atoms with E-state index in [0.29, 0.717) is 5.56 Å². The first-order valence-electron chi connectivity index (χ1n) is 5.92. The van der Waals surface area contributed by atoms with Gasteiger partial charge in [-0.25, -0.2) is 0 Å². The van der Waals surface area contributed by atoms with Crippen molar-refractivity contribution in [2.75, 3.05) is 7.11 Å². The Labute approximate surface area is 111 Å². The van der Waals surface area contributed by atoms with Crippen LogP contribution in [0.25, 0.3) is 0 Å². The molecule has 0 aliphatic heterocycles. The van der Waals surface area contributed by atoms with Crippen molar-refractivity contribution in [1.82, 2.24) is 5.32 Å². The molecule has 1 aromatic rings. The number of aromatic hydroxyl groups is 1. The molecule has 0 heterocycles. The fourth-order valence-corrected chi connectivity index (χ4v) is 2.38. The highest BCUT2D eigenvalue weighted by atomic mass is 35.5. The Balaban J connectivity index is 1.97. The Morgan fingerprint density at radius 1 is 1.50 bits per heavy atom. The highest BCUT2D eigenvalue weighted by Gasteiger charge is 2.25. The second kappa shape index (κ2) is 5.59. The third-order valence-corrected chi connectivity index (χ3v) is 3.57. The van der Waals surface area contributed by atoms with E-state index in [1.54, 1.807) is 13.2 Å². The van der Waals surface area contributed by atoms with Crippen LogP contribution in [-0.4, -0.2) is 30.3 Å². The zero-order chi connectivity index (χ0) is 13.1. The van der Waals surface area contributed by atoms with Crippen molar-refractivity contribution in [2.45, 2.75) is 31.4 Å². The van der Waals surface area contributed by atoms with Gasteiger partial charge in [0.1, 0.15) is 5.75 Å². The lowest BCUT2D eigenvalue weighted by molar-refractivity contribution is 0.0915. The smallest absolute Gasteiger partial charge is 0.251 e. The van der Waals surface area contributed by atoms with E-state index < -0.39 is 0 Å². The number of methoxy groups -OCH3 is 1. The van der Waals surface area contributed by atoms with Crippen LogP contribution in [0.1, 0.15) is 29.6 Å². The van der Waals surface area contributed by atoms with Crippen LogP contribution < -0.4 is 5.32 Å². The maximum Gasteiger partial charge on any atom is 0.251 e. The molecule has 2 unspecified atom stereocenters. The van der Waals surface area contributed by atoms with Crippen LogP contribution in [-0.2, 0) is 4.74 Å². The molecular formula is C13H16ClNO3. The topological polar surface area (TPSA) is 58.6 Å². The molecular weight excluding hydrogens is 254 g/mol. The quantitative estimate of drug-likeness (QED) is 0.886. The minimum Gasteiger partial charge on any atom is -0.506 e. The number of hydrogen-bond donors (Lipinski definition) is 2. The molecule has 0 radical (unpaired) electrons. The first-order chi connectivity index (χ1) is 8.60. The van der Waals surface area contributed by atoms with Crippen molar-refractivity contribution >= 4 is 17.5 Å². The first-order valence-corrected chi connectivity index (χ1v) is 6.30. The molecule has 0 saturated heterocycles. The van der Waals surface area contributed by atoms with Gasteiger partial charge in [-0.2, -0.15) is 0 Å². The molecule has 1 aliphatic carbocycles. The summed E-state index contributed by atoms with van der Waals surface area (Å²) in [6.45, 7) is 0. The number of benzene rings is 1. The summed E-state index contributed by atoms with van der Waals surface area (Å²) in [5, 5.41) is 12.4. The Hall–Kier alpha value is -1.26. The van der Waals surface area contributed by atoms with Crippen LogP contribution in [0.2, 0.25) is 5.02 Å². The summed E-state index contributed by atoms with van der Waals surface area (Å²) in [7, 11) is 1.69. The molecule has 1 aliphatic rings. The highest BCUT2D eigenvalue weighted by Crippen LogP contribution is 2.25. The first kappa shape index (κ1) is 13.2. The minimum absolute atomic E-state index is 0.0199. The van der Waals surface area contributed by atoms with Crippen LogP contribution >= 0.6 is 11.6 Å². The maximum absolute atomic E-state index is 12.0. The number of hydrogen-bond acceptors (Lipinski definition) is 3. The lowest BCUT2D eigenvalue weighted by Gasteiger charge is -2.13. The second-order valence-electron chi connectivity index (χ2n) is 4.51. The van der Waals surface area contributed by atoms with Gasteiger partial charge in [-0.1, -0.05) is 11.6 Å². The molecule has 0 spiro atoms. The highest BCUT2D eigenvalue weighted by molar-refractivity contribution is 6.32. The van der Waals surface area contributed by atoms with Crippen molar-refractivity contribution in [3.63, 3.8) is 0 Å². The summed E-state index contributed by atoms with van der Waals surface area (Å²) in [6.07, 6.45) is 2.97. The van der Waals surface area contributed by atoms with Crippen molar-refractivity contribution in [1.29, 1.82) is 0 Å². The Morgan fingerprint density at radius 2 is 2.28 bits per heavy atom. The van der Waals surface area contributed by atoms with Gasteiger partial charge >= 0.3 is 0 Å². The van der Waals surface area contributed by atoms with E-state index in [1.807, 2.05) is 0 Å². The average molecular weight is 270 g/mol. The van der Waals surface area contributed by atoms with Crippen LogP contribution in [0.15, 0.2) is 18.2 Å². The predicted octanol–water partition coefficient (Wildman–Crippen LogP) is 2.34. The third kappa shape index (κ3) is 2.94. The van der Waals surface area contributed by atoms with Gasteiger partial charge in [0.05, 0.1) is 11.1 Å². The molecule has 1 aromatic carbocycles. The van der Waals surface area contributed by atoms with E-state index in [4.69, 9.17) is 16.3 Å². The number of rotatable bonds is 3. The number of amides is 1. The molecule has 2 rings (SSSR count). The average Bonchev–Trinajstić information content (AvgIpc) is 2.80. The van der Waals surface area contributed by atoms with Gasteiger partial charge in [0.15, 0.2) is 0 Å². The second-order valence-corrected chi connectivity index (χ2v) is 4.91. The molecule has 98 valence electrons. The standard InChI is InChI=1S/C13H16ClNO3/c1-18-10-4-3-9(7-10)15-13(17)8-2-5-12(16)11(14)6-8/h2,5-6,9-10,16H,3-4,7H2,1H3,(H,15,17). The van der Waals surface area contributed by atoms with E-state index in [0.717, 1.165) is 19.3 Å². The number of phenols is 1. The van der Waals surface area contributed by atoms with E-state index in [1.165, 1.54) is 12.1 Å². The summed E-state index contributed by atoms with van der Waals surface area (Å²) < 4.78 is 5.26. The van der Waals surface area contributed by atoms with Crippen LogP contribution in [0, 0.1) is 0 Å². The molecule has 4 nitrogen and oxygen atoms in total. The van der Waals surface area contributed by atoms with Crippen LogP contribution in [0.5, 0.6) is 5.75 Å². The lowest BCUT2D eigenvalue weighted by atomic mass is 10.1. The Kier molecular flexibility index (Phi) is 4.09. The van der Waals surface area contributed by atoms with E-state index >= 15 is 0 Å². The molecule has 2 N–H and O–H groups in total. The fraction of sp³-hybridized carbons (Fsp3) is 0.462. The van der Waals surface area contributed by atoms with Crippen LogP contribution in [0.4, 0.5) is 0 Å². The van der Waals surface area contributed by atoms with Gasteiger partial charge in [0, 0.05) is 18.7 Å². The maximum atomic E-state index is 12.0. The van der Waals surface area contributed by atoms with E-state index in [2.05, 4.69) is 5.32 Å². The van der Waals surface area contributed by atoms with Gasteiger partial charge in [-0.3, -0.25) is 4.79 Å². The van der Waals surface area contributed by atoms with Crippen molar-refractivity contribution < 1.29 is 14.6 Å². The van der Waals surface area contributed by atoms with Crippen LogP contribution in [0.3, 0.4) is 0 Å². The Bertz CT molecular complexity index is 450. The van der Waals surface area contributed by atoms with E-state index in [9.17, 15) is 9.90 Å². The van der Waals surface area contributed by atoms with Crippen molar-refractivity contribution in [2.24, 2.45) is 0 Å². The molecule has 2 atom stereocenters. The van der Waals surface area contributed by atoms with Gasteiger partial charge in [-0.15, -0.1) is 0 Å². The normalized spacial score (nSPS) is 23.0. The molecule has 1 saturated carbocycles. The summed E-state index contributed by atoms with van der Waals surface area (Å²) in [4.78, 5) is 12.0. The monoisotopic (exact) mass is 269 g/mol. The molecule has 1 fully saturated rings. The number of ether oxygens (including phenoxy) is 1. The van der Waals surface area contributed by atoms with Gasteiger partial charge in [-0.05, 0) is 37.5 Å². The van der Waals surface area contributed by atoms with Gasteiger partial charge in [0.25, 0.3) is 5.91 Å². The fourth-order valence-electron chi connectivity index (χ4n) is 2.20. The zero-order valence-electron chi connectivity index (χ0n) is 10.1. The lowest BCUT2D eigenvalue weighted by Crippen LogP contribution is -2.33. The minimum atomic E-state index is -0.168. The number of phenolic OH excluding ortho intramolecular Hbond substituents is 1. The summed E-state index contributed by atoms with van der Waals surface area (Å²) in [5.41, 5.74) is 0.457. The van der Waals surface area contributed by atoms with Crippen molar-refractivity contribution in [3.05, 3.63) is 28.8 Å². The number of halogens is 1. The summed E-state index contributed by atoms with van der Waals surface area (Å²) in [6, 6.07) is 4.59. The predicted molar refractivity (Wildman–Crippen MR) is 69.0 cm³/mol. The SMILES string of the molecule is COC1CCC(NC(=O)c2ccc(O)c(Cl)c2)C1. The molecule has 0 bridgehead atoms. The number of carbonyl (C=O) groups excluding carboxylic acids is 1. The molecule has 0 aromatic heterocycles. The summed E-state index contributed by atoms with van der Waals surface area (Å²) >= 11 is 5.77. The Morgan fingerprint density at radius 3 is 2.89 bits per heavy atom. The third-order valence-electron chi connectivity index (χ3n) is 3.26. The van der Waals surface area contributed by atoms with Gasteiger partial charge in [0.2, 0.25) is 0 Å². The van der Waals surface area contributed by atoms with Gasteiger partial charge < -0.3 is 15.2 Å². The number of carbonyl (C=O) groups is 1. The zero-order valence-corrected chi connectivity index (χ0v) is 10.9. The number of nitrogens with one attached hydrogen (secondary N) is 1.